The summed E-state index contributed by atoms with van der Waals surface area (Å²) in [7, 11) is 0. The Morgan fingerprint density at radius 1 is 1.07 bits per heavy atom. The first-order valence-electron chi connectivity index (χ1n) is 9.87. The largest absolute Gasteiger partial charge is 0.416 e. The SMILES string of the molecule is CCN(CC)CCC(NCCN(CC)C(=O)CN)c1ccc(C(F)(F)F)cc1. The van der Waals surface area contributed by atoms with Crippen LogP contribution in [0.1, 0.15) is 44.4 Å². The number of alkyl halides is 3. The second-order valence-corrected chi connectivity index (χ2v) is 6.62. The zero-order valence-electron chi connectivity index (χ0n) is 17.1. The molecule has 1 aromatic rings. The lowest BCUT2D eigenvalue weighted by atomic mass is 10.0. The van der Waals surface area contributed by atoms with Gasteiger partial charge >= 0.3 is 6.18 Å². The number of nitrogens with zero attached hydrogens (tertiary/aromatic N) is 2. The zero-order valence-corrected chi connectivity index (χ0v) is 17.1. The molecule has 8 heteroatoms. The first kappa shape index (κ1) is 24.4. The molecule has 0 aromatic heterocycles. The second kappa shape index (κ2) is 12.0. The molecule has 0 aliphatic rings. The third-order valence-electron chi connectivity index (χ3n) is 4.95. The molecule has 1 unspecified atom stereocenters. The van der Waals surface area contributed by atoms with E-state index in [1.54, 1.807) is 4.90 Å². The fraction of sp³-hybridized carbons (Fsp3) is 0.650. The average molecular weight is 403 g/mol. The minimum Gasteiger partial charge on any atom is -0.341 e. The molecule has 160 valence electrons. The summed E-state index contributed by atoms with van der Waals surface area (Å²) < 4.78 is 38.5. The number of rotatable bonds is 12. The number of carbonyl (C=O) groups is 1. The van der Waals surface area contributed by atoms with Gasteiger partial charge < -0.3 is 20.9 Å². The van der Waals surface area contributed by atoms with E-state index in [1.807, 2.05) is 6.92 Å². The minimum absolute atomic E-state index is 0.0296. The molecule has 1 amide bonds. The van der Waals surface area contributed by atoms with Gasteiger partial charge in [0, 0.05) is 25.7 Å². The van der Waals surface area contributed by atoms with Gasteiger partial charge in [0.2, 0.25) is 5.91 Å². The molecule has 0 aliphatic heterocycles. The van der Waals surface area contributed by atoms with Gasteiger partial charge in [-0.05, 0) is 50.7 Å². The van der Waals surface area contributed by atoms with Crippen LogP contribution >= 0.6 is 0 Å². The molecular weight excluding hydrogens is 369 g/mol. The highest BCUT2D eigenvalue weighted by molar-refractivity contribution is 5.77. The highest BCUT2D eigenvalue weighted by atomic mass is 19.4. The standard InChI is InChI=1S/C20H33F3N4O/c1-4-26(5-2)13-11-18(25-12-14-27(6-3)19(28)15-24)16-7-9-17(10-8-16)20(21,22)23/h7-10,18,25H,4-6,11-15,24H2,1-3H3. The molecule has 0 radical (unpaired) electrons. The minimum atomic E-state index is -4.34. The Hall–Kier alpha value is -1.64. The monoisotopic (exact) mass is 402 g/mol. The van der Waals surface area contributed by atoms with Crippen molar-refractivity contribution < 1.29 is 18.0 Å². The van der Waals surface area contributed by atoms with Crippen LogP contribution in [0.25, 0.3) is 0 Å². The second-order valence-electron chi connectivity index (χ2n) is 6.62. The fourth-order valence-electron chi connectivity index (χ4n) is 3.10. The maximum absolute atomic E-state index is 12.8. The van der Waals surface area contributed by atoms with Crippen LogP contribution in [0.4, 0.5) is 13.2 Å². The van der Waals surface area contributed by atoms with Crippen molar-refractivity contribution in [2.75, 3.05) is 45.8 Å². The number of nitrogens with two attached hydrogens (primary N) is 1. The van der Waals surface area contributed by atoms with Gasteiger partial charge in [-0.3, -0.25) is 4.79 Å². The normalized spacial score (nSPS) is 13.0. The van der Waals surface area contributed by atoms with Crippen LogP contribution in [-0.2, 0) is 11.0 Å². The van der Waals surface area contributed by atoms with Gasteiger partial charge in [0.15, 0.2) is 0 Å². The summed E-state index contributed by atoms with van der Waals surface area (Å²) in [5, 5.41) is 3.40. The Bertz CT molecular complexity index is 574. The van der Waals surface area contributed by atoms with Crippen molar-refractivity contribution in [3.63, 3.8) is 0 Å². The van der Waals surface area contributed by atoms with Crippen molar-refractivity contribution in [2.24, 2.45) is 5.73 Å². The van der Waals surface area contributed by atoms with Crippen molar-refractivity contribution in [2.45, 2.75) is 39.4 Å². The highest BCUT2D eigenvalue weighted by Crippen LogP contribution is 2.30. The van der Waals surface area contributed by atoms with E-state index in [4.69, 9.17) is 5.73 Å². The van der Waals surface area contributed by atoms with Crippen molar-refractivity contribution in [3.8, 4) is 0 Å². The van der Waals surface area contributed by atoms with Gasteiger partial charge in [0.05, 0.1) is 12.1 Å². The van der Waals surface area contributed by atoms with Gasteiger partial charge in [-0.1, -0.05) is 26.0 Å². The fourth-order valence-corrected chi connectivity index (χ4v) is 3.10. The van der Waals surface area contributed by atoms with Gasteiger partial charge in [-0.2, -0.15) is 13.2 Å². The molecule has 0 saturated heterocycles. The van der Waals surface area contributed by atoms with E-state index in [9.17, 15) is 18.0 Å². The predicted octanol–water partition coefficient (Wildman–Crippen LogP) is 2.88. The molecule has 0 aliphatic carbocycles. The molecule has 1 atom stereocenters. The van der Waals surface area contributed by atoms with Crippen molar-refractivity contribution in [1.29, 1.82) is 0 Å². The van der Waals surface area contributed by atoms with Crippen LogP contribution in [0, 0.1) is 0 Å². The maximum Gasteiger partial charge on any atom is 0.416 e. The Morgan fingerprint density at radius 3 is 2.14 bits per heavy atom. The number of likely N-dealkylation sites (N-methyl/N-ethyl adjacent to an activating group) is 1. The molecule has 0 bridgehead atoms. The van der Waals surface area contributed by atoms with Gasteiger partial charge in [-0.15, -0.1) is 0 Å². The first-order chi connectivity index (χ1) is 13.3. The summed E-state index contributed by atoms with van der Waals surface area (Å²) >= 11 is 0. The molecule has 1 aromatic carbocycles. The van der Waals surface area contributed by atoms with Crippen LogP contribution in [0.15, 0.2) is 24.3 Å². The topological polar surface area (TPSA) is 61.6 Å². The molecule has 0 fully saturated rings. The van der Waals surface area contributed by atoms with Crippen LogP contribution in [0.3, 0.4) is 0 Å². The predicted molar refractivity (Wildman–Crippen MR) is 106 cm³/mol. The summed E-state index contributed by atoms with van der Waals surface area (Å²) in [6, 6.07) is 5.22. The van der Waals surface area contributed by atoms with Crippen molar-refractivity contribution in [3.05, 3.63) is 35.4 Å². The lowest BCUT2D eigenvalue weighted by Gasteiger charge is -2.26. The van der Waals surface area contributed by atoms with Crippen LogP contribution in [0.5, 0.6) is 0 Å². The van der Waals surface area contributed by atoms with Gasteiger partial charge in [-0.25, -0.2) is 0 Å². The average Bonchev–Trinajstić information content (AvgIpc) is 2.69. The Morgan fingerprint density at radius 2 is 1.68 bits per heavy atom. The van der Waals surface area contributed by atoms with Gasteiger partial charge in [0.25, 0.3) is 0 Å². The number of benzene rings is 1. The van der Waals surface area contributed by atoms with E-state index in [-0.39, 0.29) is 18.5 Å². The smallest absolute Gasteiger partial charge is 0.341 e. The molecular formula is C20H33F3N4O. The third-order valence-corrected chi connectivity index (χ3v) is 4.95. The molecule has 0 saturated carbocycles. The van der Waals surface area contributed by atoms with E-state index >= 15 is 0 Å². The Balaban J connectivity index is 2.82. The summed E-state index contributed by atoms with van der Waals surface area (Å²) in [5.74, 6) is -0.112. The van der Waals surface area contributed by atoms with Gasteiger partial charge in [0.1, 0.15) is 0 Å². The molecule has 5 nitrogen and oxygen atoms in total. The molecule has 28 heavy (non-hydrogen) atoms. The summed E-state index contributed by atoms with van der Waals surface area (Å²) in [6.07, 6.45) is -3.57. The van der Waals surface area contributed by atoms with Crippen molar-refractivity contribution in [1.82, 2.24) is 15.1 Å². The van der Waals surface area contributed by atoms with Crippen LogP contribution in [0.2, 0.25) is 0 Å². The van der Waals surface area contributed by atoms with E-state index in [2.05, 4.69) is 24.1 Å². The van der Waals surface area contributed by atoms with E-state index in [1.165, 1.54) is 12.1 Å². The van der Waals surface area contributed by atoms with Crippen LogP contribution in [-0.4, -0.2) is 61.5 Å². The number of amides is 1. The Kier molecular flexibility index (Phi) is 10.5. The molecule has 3 N–H and O–H groups in total. The molecule has 0 heterocycles. The number of nitrogens with one attached hydrogen (secondary N) is 1. The summed E-state index contributed by atoms with van der Waals surface area (Å²) in [5.41, 5.74) is 5.59. The third kappa shape index (κ3) is 7.77. The number of halogens is 3. The number of carbonyl (C=O) groups excluding carboxylic acids is 1. The number of hydrogen-bond acceptors (Lipinski definition) is 4. The Labute approximate surface area is 166 Å². The summed E-state index contributed by atoms with van der Waals surface area (Å²) in [6.45, 7) is 10.3. The zero-order chi connectivity index (χ0) is 21.2. The molecule has 0 spiro atoms. The first-order valence-corrected chi connectivity index (χ1v) is 9.87. The molecule has 1 rings (SSSR count). The van der Waals surface area contributed by atoms with Crippen molar-refractivity contribution >= 4 is 5.91 Å². The lowest BCUT2D eigenvalue weighted by molar-refractivity contribution is -0.137. The number of hydrogen-bond donors (Lipinski definition) is 2. The van der Waals surface area contributed by atoms with Crippen LogP contribution < -0.4 is 11.1 Å². The highest BCUT2D eigenvalue weighted by Gasteiger charge is 2.30. The maximum atomic E-state index is 12.8. The lowest BCUT2D eigenvalue weighted by Crippen LogP contribution is -2.41. The van der Waals surface area contributed by atoms with E-state index < -0.39 is 11.7 Å². The van der Waals surface area contributed by atoms with E-state index in [0.717, 1.165) is 43.8 Å². The summed E-state index contributed by atoms with van der Waals surface area (Å²) in [4.78, 5) is 15.7. The van der Waals surface area contributed by atoms with E-state index in [0.29, 0.717) is 19.6 Å². The quantitative estimate of drug-likeness (QED) is 0.564.